The molecule has 5 rings (SSSR count). The highest BCUT2D eigenvalue weighted by Crippen LogP contribution is 2.42. The lowest BCUT2D eigenvalue weighted by Gasteiger charge is -2.33. The summed E-state index contributed by atoms with van der Waals surface area (Å²) < 4.78 is 11.3. The molecule has 1 fully saturated rings. The number of carbonyl (C=O) groups is 2. The molecule has 0 radical (unpaired) electrons. The largest absolute Gasteiger partial charge is 0.468 e. The molecule has 3 aromatic rings. The van der Waals surface area contributed by atoms with Gasteiger partial charge in [-0.2, -0.15) is 0 Å². The van der Waals surface area contributed by atoms with Gasteiger partial charge in [-0.25, -0.2) is 4.79 Å². The number of carbonyl (C=O) groups excluding carboxylic acids is 2. The normalized spacial score (nSPS) is 21.8. The van der Waals surface area contributed by atoms with Gasteiger partial charge < -0.3 is 9.47 Å². The van der Waals surface area contributed by atoms with Crippen molar-refractivity contribution in [2.24, 2.45) is 10.9 Å². The van der Waals surface area contributed by atoms with Crippen molar-refractivity contribution >= 4 is 23.3 Å². The van der Waals surface area contributed by atoms with Crippen molar-refractivity contribution in [3.05, 3.63) is 123 Å². The molecule has 3 atom stereocenters. The molecule has 45 heavy (non-hydrogen) atoms. The van der Waals surface area contributed by atoms with E-state index in [1.807, 2.05) is 19.1 Å². The van der Waals surface area contributed by atoms with Crippen LogP contribution in [0.4, 0.5) is 5.69 Å². The van der Waals surface area contributed by atoms with E-state index in [9.17, 15) is 19.7 Å². The van der Waals surface area contributed by atoms with E-state index in [1.165, 1.54) is 30.4 Å². The van der Waals surface area contributed by atoms with E-state index in [0.717, 1.165) is 19.5 Å². The number of nitro benzene ring substituents is 1. The van der Waals surface area contributed by atoms with Gasteiger partial charge in [0, 0.05) is 54.9 Å². The van der Waals surface area contributed by atoms with Gasteiger partial charge in [0.25, 0.3) is 5.69 Å². The molecule has 0 aromatic heterocycles. The number of nitro groups is 1. The van der Waals surface area contributed by atoms with Gasteiger partial charge in [0.05, 0.1) is 17.6 Å². The van der Waals surface area contributed by atoms with Crippen LogP contribution < -0.4 is 0 Å². The molecule has 2 aliphatic rings. The molecule has 2 heterocycles. The Kier molecular flexibility index (Phi) is 9.58. The van der Waals surface area contributed by atoms with Crippen LogP contribution in [0.1, 0.15) is 62.1 Å². The zero-order valence-electron chi connectivity index (χ0n) is 26.1. The zero-order valence-corrected chi connectivity index (χ0v) is 26.1. The first-order valence-corrected chi connectivity index (χ1v) is 15.2. The van der Waals surface area contributed by atoms with Gasteiger partial charge in [0.2, 0.25) is 0 Å². The second-order valence-corrected chi connectivity index (χ2v) is 12.1. The predicted molar refractivity (Wildman–Crippen MR) is 172 cm³/mol. The fourth-order valence-corrected chi connectivity index (χ4v) is 6.71. The number of esters is 2. The molecular formula is C36H39N3O6. The number of rotatable bonds is 10. The van der Waals surface area contributed by atoms with Crippen LogP contribution in [0.25, 0.3) is 0 Å². The molecule has 9 nitrogen and oxygen atoms in total. The number of allylic oxidation sites excluding steroid dienone is 1. The van der Waals surface area contributed by atoms with Crippen LogP contribution in [0, 0.1) is 16.0 Å². The molecule has 234 valence electrons. The standard InChI is InChI=1S/C36H39N3O6/c1-24-31(34(40)44-4)33(28-16-11-17-29(22-28)39(42)43)32(25(2)37-24)35(41)45-36(3)19-21-38(23-36)20-18-30(26-12-7-5-8-13-26)27-14-9-6-10-15-27/h5-17,22,30-31,33H,18-21,23H2,1-4H3/t31?,33-,36-/m1/s1. The third-order valence-corrected chi connectivity index (χ3v) is 8.94. The molecule has 2 aliphatic heterocycles. The molecule has 0 saturated carbocycles. The van der Waals surface area contributed by atoms with Gasteiger partial charge in [0.15, 0.2) is 0 Å². The summed E-state index contributed by atoms with van der Waals surface area (Å²) in [6.45, 7) is 7.50. The van der Waals surface area contributed by atoms with Crippen LogP contribution in [-0.4, -0.2) is 59.8 Å². The van der Waals surface area contributed by atoms with Crippen molar-refractivity contribution in [2.75, 3.05) is 26.7 Å². The molecule has 9 heteroatoms. The molecule has 0 spiro atoms. The fraction of sp³-hybridized carbons (Fsp3) is 0.361. The lowest BCUT2D eigenvalue weighted by molar-refractivity contribution is -0.384. The summed E-state index contributed by atoms with van der Waals surface area (Å²) in [5, 5.41) is 11.6. The van der Waals surface area contributed by atoms with Crippen molar-refractivity contribution in [3.63, 3.8) is 0 Å². The van der Waals surface area contributed by atoms with Gasteiger partial charge >= 0.3 is 11.9 Å². The minimum Gasteiger partial charge on any atom is -0.468 e. The van der Waals surface area contributed by atoms with Gasteiger partial charge in [0.1, 0.15) is 11.5 Å². The van der Waals surface area contributed by atoms with Crippen LogP contribution in [0.15, 0.2) is 101 Å². The Bertz CT molecular complexity index is 1580. The average Bonchev–Trinajstić information content (AvgIpc) is 3.41. The molecular weight excluding hydrogens is 570 g/mol. The number of methoxy groups -OCH3 is 1. The maximum atomic E-state index is 14.0. The zero-order chi connectivity index (χ0) is 32.1. The van der Waals surface area contributed by atoms with E-state index in [-0.39, 0.29) is 17.2 Å². The van der Waals surface area contributed by atoms with Crippen molar-refractivity contribution in [1.82, 2.24) is 4.90 Å². The van der Waals surface area contributed by atoms with E-state index < -0.39 is 34.3 Å². The highest BCUT2D eigenvalue weighted by Gasteiger charge is 2.45. The Morgan fingerprint density at radius 2 is 1.67 bits per heavy atom. The summed E-state index contributed by atoms with van der Waals surface area (Å²) in [7, 11) is 1.28. The van der Waals surface area contributed by atoms with E-state index in [4.69, 9.17) is 9.47 Å². The summed E-state index contributed by atoms with van der Waals surface area (Å²) in [6.07, 6.45) is 1.56. The summed E-state index contributed by atoms with van der Waals surface area (Å²) in [5.41, 5.74) is 3.18. The first kappa shape index (κ1) is 31.8. The monoisotopic (exact) mass is 609 g/mol. The second kappa shape index (κ2) is 13.6. The lowest BCUT2D eigenvalue weighted by Crippen LogP contribution is -2.40. The minimum absolute atomic E-state index is 0.135. The maximum absolute atomic E-state index is 14.0. The molecule has 0 amide bonds. The molecule has 0 bridgehead atoms. The lowest BCUT2D eigenvalue weighted by atomic mass is 9.75. The fourth-order valence-electron chi connectivity index (χ4n) is 6.71. The van der Waals surface area contributed by atoms with Crippen molar-refractivity contribution in [2.45, 2.75) is 51.0 Å². The van der Waals surface area contributed by atoms with Gasteiger partial charge in [-0.15, -0.1) is 0 Å². The second-order valence-electron chi connectivity index (χ2n) is 12.1. The van der Waals surface area contributed by atoms with E-state index in [0.29, 0.717) is 29.9 Å². The summed E-state index contributed by atoms with van der Waals surface area (Å²) in [6, 6.07) is 27.0. The molecule has 1 saturated heterocycles. The number of hydrogen-bond acceptors (Lipinski definition) is 8. The number of ether oxygens (including phenoxy) is 2. The van der Waals surface area contributed by atoms with E-state index in [2.05, 4.69) is 58.4 Å². The number of likely N-dealkylation sites (tertiary alicyclic amines) is 1. The molecule has 3 aromatic carbocycles. The van der Waals surface area contributed by atoms with Crippen molar-refractivity contribution in [1.29, 1.82) is 0 Å². The van der Waals surface area contributed by atoms with Gasteiger partial charge in [-0.05, 0) is 50.4 Å². The number of non-ortho nitro benzene ring substituents is 1. The molecule has 0 N–H and O–H groups in total. The Labute approximate surface area is 263 Å². The minimum atomic E-state index is -0.927. The topological polar surface area (TPSA) is 111 Å². The molecule has 1 unspecified atom stereocenters. The first-order chi connectivity index (χ1) is 21.6. The van der Waals surface area contributed by atoms with Crippen molar-refractivity contribution in [3.8, 4) is 0 Å². The predicted octanol–water partition coefficient (Wildman–Crippen LogP) is 6.45. The Morgan fingerprint density at radius 3 is 2.27 bits per heavy atom. The highest BCUT2D eigenvalue weighted by atomic mass is 16.6. The van der Waals surface area contributed by atoms with Crippen LogP contribution in [-0.2, 0) is 19.1 Å². The smallest absolute Gasteiger partial charge is 0.337 e. The summed E-state index contributed by atoms with van der Waals surface area (Å²) >= 11 is 0. The average molecular weight is 610 g/mol. The number of aliphatic imine (C=N–C) groups is 1. The molecule has 0 aliphatic carbocycles. The highest BCUT2D eigenvalue weighted by molar-refractivity contribution is 6.07. The summed E-state index contributed by atoms with van der Waals surface area (Å²) in [5.74, 6) is -2.69. The Hall–Kier alpha value is -4.63. The van der Waals surface area contributed by atoms with E-state index >= 15 is 0 Å². The van der Waals surface area contributed by atoms with Crippen LogP contribution >= 0.6 is 0 Å². The van der Waals surface area contributed by atoms with Crippen LogP contribution in [0.2, 0.25) is 0 Å². The van der Waals surface area contributed by atoms with Crippen LogP contribution in [0.3, 0.4) is 0 Å². The first-order valence-electron chi connectivity index (χ1n) is 15.2. The van der Waals surface area contributed by atoms with Crippen LogP contribution in [0.5, 0.6) is 0 Å². The third-order valence-electron chi connectivity index (χ3n) is 8.94. The van der Waals surface area contributed by atoms with Crippen molar-refractivity contribution < 1.29 is 24.0 Å². The quantitative estimate of drug-likeness (QED) is 0.148. The SMILES string of the molecule is COC(=O)C1C(C)=NC(C)=C(C(=O)O[C@]2(C)CCN(CCC(c3ccccc3)c3ccccc3)C2)[C@@H]1c1cccc([N+](=O)[O-])c1. The summed E-state index contributed by atoms with van der Waals surface area (Å²) in [4.78, 5) is 45.0. The number of benzene rings is 3. The van der Waals surface area contributed by atoms with E-state index in [1.54, 1.807) is 26.0 Å². The third kappa shape index (κ3) is 7.04. The number of nitrogens with zero attached hydrogens (tertiary/aromatic N) is 3. The Morgan fingerprint density at radius 1 is 1.02 bits per heavy atom. The van der Waals surface area contributed by atoms with Gasteiger partial charge in [-0.1, -0.05) is 72.8 Å². The number of hydrogen-bond donors (Lipinski definition) is 0. The van der Waals surface area contributed by atoms with Gasteiger partial charge in [-0.3, -0.25) is 24.8 Å². The maximum Gasteiger partial charge on any atom is 0.337 e. The Balaban J connectivity index is 1.35.